The minimum atomic E-state index is -1.02. The van der Waals surface area contributed by atoms with Crippen LogP contribution in [0.4, 0.5) is 0 Å². The highest BCUT2D eigenvalue weighted by Crippen LogP contribution is 2.11. The van der Waals surface area contributed by atoms with E-state index < -0.39 is 17.9 Å². The lowest BCUT2D eigenvalue weighted by Crippen LogP contribution is -2.40. The molecule has 1 amide bonds. The van der Waals surface area contributed by atoms with Crippen molar-refractivity contribution in [3.63, 3.8) is 0 Å². The zero-order valence-corrected chi connectivity index (χ0v) is 10.5. The number of methoxy groups -OCH3 is 1. The molecule has 0 aliphatic carbocycles. The van der Waals surface area contributed by atoms with Crippen LogP contribution in [0.5, 0.6) is 5.75 Å². The van der Waals surface area contributed by atoms with Gasteiger partial charge in [-0.3, -0.25) is 4.79 Å². The first kappa shape index (κ1) is 14.0. The maximum absolute atomic E-state index is 11.8. The van der Waals surface area contributed by atoms with Crippen LogP contribution >= 0.6 is 0 Å². The number of carboxylic acids is 1. The summed E-state index contributed by atoms with van der Waals surface area (Å²) in [5.74, 6) is -0.757. The van der Waals surface area contributed by atoms with E-state index in [2.05, 4.69) is 5.32 Å². The van der Waals surface area contributed by atoms with Crippen molar-refractivity contribution in [1.29, 1.82) is 0 Å². The summed E-state index contributed by atoms with van der Waals surface area (Å²) in [5, 5.41) is 11.4. The first-order valence-electron chi connectivity index (χ1n) is 5.76. The van der Waals surface area contributed by atoms with E-state index in [0.717, 1.165) is 0 Å². The Labute approximate surface area is 106 Å². The Morgan fingerprint density at radius 3 is 2.39 bits per heavy atom. The number of hydrogen-bond acceptors (Lipinski definition) is 3. The van der Waals surface area contributed by atoms with Crippen LogP contribution in [0, 0.1) is 0 Å². The Bertz CT molecular complexity index is 414. The summed E-state index contributed by atoms with van der Waals surface area (Å²) < 4.78 is 4.98. The van der Waals surface area contributed by atoms with Gasteiger partial charge < -0.3 is 15.2 Å². The zero-order valence-electron chi connectivity index (χ0n) is 10.5. The van der Waals surface area contributed by atoms with Gasteiger partial charge in [-0.15, -0.1) is 0 Å². The Balaban J connectivity index is 2.70. The number of nitrogens with one attached hydrogen (secondary N) is 1. The first-order chi connectivity index (χ1) is 8.58. The number of rotatable bonds is 6. The molecule has 2 N–H and O–H groups in total. The molecule has 1 aromatic rings. The minimum absolute atomic E-state index is 0.390. The molecule has 0 aliphatic rings. The average molecular weight is 251 g/mol. The smallest absolute Gasteiger partial charge is 0.326 e. The second-order valence-corrected chi connectivity index (χ2v) is 3.88. The highest BCUT2D eigenvalue weighted by atomic mass is 16.5. The Hall–Kier alpha value is -2.04. The van der Waals surface area contributed by atoms with E-state index in [-0.39, 0.29) is 0 Å². The number of aliphatic carboxylic acids is 1. The molecule has 0 fully saturated rings. The van der Waals surface area contributed by atoms with Crippen molar-refractivity contribution in [2.75, 3.05) is 7.11 Å². The van der Waals surface area contributed by atoms with Crippen molar-refractivity contribution in [3.05, 3.63) is 29.8 Å². The highest BCUT2D eigenvalue weighted by Gasteiger charge is 2.19. The van der Waals surface area contributed by atoms with Crippen LogP contribution in [0.15, 0.2) is 24.3 Å². The van der Waals surface area contributed by atoms with E-state index in [0.29, 0.717) is 24.2 Å². The maximum atomic E-state index is 11.8. The number of benzene rings is 1. The number of carbonyl (C=O) groups is 2. The van der Waals surface area contributed by atoms with Gasteiger partial charge in [-0.25, -0.2) is 4.79 Å². The molecule has 98 valence electrons. The molecule has 0 unspecified atom stereocenters. The lowest BCUT2D eigenvalue weighted by atomic mass is 10.1. The van der Waals surface area contributed by atoms with E-state index in [1.165, 1.54) is 7.11 Å². The predicted octanol–water partition coefficient (Wildman–Crippen LogP) is 1.68. The maximum Gasteiger partial charge on any atom is 0.326 e. The van der Waals surface area contributed by atoms with Crippen LogP contribution in [-0.4, -0.2) is 30.1 Å². The molecule has 0 heterocycles. The van der Waals surface area contributed by atoms with Crippen LogP contribution in [0.25, 0.3) is 0 Å². The second-order valence-electron chi connectivity index (χ2n) is 3.88. The number of carbonyl (C=O) groups excluding carboxylic acids is 1. The third-order valence-electron chi connectivity index (χ3n) is 2.53. The topological polar surface area (TPSA) is 75.6 Å². The number of carboxylic acid groups (broad SMARTS) is 1. The molecular formula is C13H17NO4. The predicted molar refractivity (Wildman–Crippen MR) is 66.8 cm³/mol. The van der Waals surface area contributed by atoms with Gasteiger partial charge in [0, 0.05) is 5.56 Å². The summed E-state index contributed by atoms with van der Waals surface area (Å²) >= 11 is 0. The van der Waals surface area contributed by atoms with Crippen LogP contribution in [0.3, 0.4) is 0 Å². The molecule has 5 nitrogen and oxygen atoms in total. The van der Waals surface area contributed by atoms with Crippen molar-refractivity contribution in [3.8, 4) is 5.75 Å². The average Bonchev–Trinajstić information content (AvgIpc) is 2.38. The van der Waals surface area contributed by atoms with E-state index in [4.69, 9.17) is 9.84 Å². The van der Waals surface area contributed by atoms with Crippen molar-refractivity contribution >= 4 is 11.9 Å². The number of ether oxygens (including phenoxy) is 1. The van der Waals surface area contributed by atoms with Crippen LogP contribution in [0.1, 0.15) is 30.1 Å². The molecule has 0 aromatic heterocycles. The van der Waals surface area contributed by atoms with E-state index in [9.17, 15) is 9.59 Å². The fraction of sp³-hybridized carbons (Fsp3) is 0.385. The standard InChI is InChI=1S/C13H17NO4/c1-3-4-11(13(16)17)14-12(15)9-5-7-10(18-2)8-6-9/h5-8,11H,3-4H2,1-2H3,(H,14,15)(H,16,17)/t11-/m0/s1. The normalized spacial score (nSPS) is 11.7. The Kier molecular flexibility index (Phi) is 5.17. The number of amides is 1. The van der Waals surface area contributed by atoms with Crippen molar-refractivity contribution in [2.24, 2.45) is 0 Å². The minimum Gasteiger partial charge on any atom is -0.497 e. The second kappa shape index (κ2) is 6.64. The monoisotopic (exact) mass is 251 g/mol. The fourth-order valence-corrected chi connectivity index (χ4v) is 1.53. The summed E-state index contributed by atoms with van der Waals surface area (Å²) in [4.78, 5) is 22.7. The summed E-state index contributed by atoms with van der Waals surface area (Å²) in [5.41, 5.74) is 0.415. The van der Waals surface area contributed by atoms with Gasteiger partial charge in [0.2, 0.25) is 0 Å². The first-order valence-corrected chi connectivity index (χ1v) is 5.76. The molecule has 1 rings (SSSR count). The lowest BCUT2D eigenvalue weighted by Gasteiger charge is -2.13. The van der Waals surface area contributed by atoms with Crippen LogP contribution in [-0.2, 0) is 4.79 Å². The SMILES string of the molecule is CCC[C@H](NC(=O)c1ccc(OC)cc1)C(=O)O. The lowest BCUT2D eigenvalue weighted by molar-refractivity contribution is -0.139. The third-order valence-corrected chi connectivity index (χ3v) is 2.53. The van der Waals surface area contributed by atoms with Gasteiger partial charge in [-0.2, -0.15) is 0 Å². The van der Waals surface area contributed by atoms with Crippen LogP contribution in [0.2, 0.25) is 0 Å². The van der Waals surface area contributed by atoms with Gasteiger partial charge in [0.05, 0.1) is 7.11 Å². The molecule has 0 saturated carbocycles. The van der Waals surface area contributed by atoms with Gasteiger partial charge in [0.15, 0.2) is 0 Å². The largest absolute Gasteiger partial charge is 0.497 e. The molecule has 0 spiro atoms. The van der Waals surface area contributed by atoms with Gasteiger partial charge in [-0.1, -0.05) is 13.3 Å². The van der Waals surface area contributed by atoms with E-state index in [1.807, 2.05) is 6.92 Å². The Morgan fingerprint density at radius 2 is 1.94 bits per heavy atom. The quantitative estimate of drug-likeness (QED) is 0.806. The molecular weight excluding hydrogens is 234 g/mol. The van der Waals surface area contributed by atoms with Gasteiger partial charge in [0.25, 0.3) is 5.91 Å². The third kappa shape index (κ3) is 3.76. The molecule has 0 saturated heterocycles. The van der Waals surface area contributed by atoms with Crippen LogP contribution < -0.4 is 10.1 Å². The molecule has 1 atom stereocenters. The molecule has 18 heavy (non-hydrogen) atoms. The van der Waals surface area contributed by atoms with E-state index >= 15 is 0 Å². The zero-order chi connectivity index (χ0) is 13.5. The molecule has 0 bridgehead atoms. The summed E-state index contributed by atoms with van der Waals surface area (Å²) in [6.07, 6.45) is 1.11. The molecule has 1 aromatic carbocycles. The van der Waals surface area contributed by atoms with Gasteiger partial charge in [0.1, 0.15) is 11.8 Å². The summed E-state index contributed by atoms with van der Waals surface area (Å²) in [7, 11) is 1.54. The van der Waals surface area contributed by atoms with Crippen molar-refractivity contribution in [1.82, 2.24) is 5.32 Å². The van der Waals surface area contributed by atoms with Gasteiger partial charge in [-0.05, 0) is 30.7 Å². The van der Waals surface area contributed by atoms with Crippen molar-refractivity contribution < 1.29 is 19.4 Å². The molecule has 0 radical (unpaired) electrons. The molecule has 0 aliphatic heterocycles. The Morgan fingerprint density at radius 1 is 1.33 bits per heavy atom. The van der Waals surface area contributed by atoms with E-state index in [1.54, 1.807) is 24.3 Å². The highest BCUT2D eigenvalue weighted by molar-refractivity contribution is 5.96. The molecule has 5 heteroatoms. The number of hydrogen-bond donors (Lipinski definition) is 2. The van der Waals surface area contributed by atoms with Gasteiger partial charge >= 0.3 is 5.97 Å². The fourth-order valence-electron chi connectivity index (χ4n) is 1.53. The summed E-state index contributed by atoms with van der Waals surface area (Å²) in [6.45, 7) is 1.87. The summed E-state index contributed by atoms with van der Waals surface area (Å²) in [6, 6.07) is 5.66. The van der Waals surface area contributed by atoms with Crippen molar-refractivity contribution in [2.45, 2.75) is 25.8 Å².